The monoisotopic (exact) mass is 154 g/mol. The SMILES string of the molecule is CCN1C[C@@H]2CC[C@H]1[C@@H](N)C2. The van der Waals surface area contributed by atoms with Crippen molar-refractivity contribution in [3.05, 3.63) is 0 Å². The number of likely N-dealkylation sites (N-methyl/N-ethyl adjacent to an activating group) is 1. The average molecular weight is 154 g/mol. The molecular weight excluding hydrogens is 136 g/mol. The molecule has 0 radical (unpaired) electrons. The summed E-state index contributed by atoms with van der Waals surface area (Å²) in [6, 6.07) is 1.19. The molecule has 2 heterocycles. The second kappa shape index (κ2) is 2.76. The zero-order valence-corrected chi connectivity index (χ0v) is 7.29. The minimum absolute atomic E-state index is 0.474. The van der Waals surface area contributed by atoms with E-state index in [1.54, 1.807) is 0 Å². The lowest BCUT2D eigenvalue weighted by atomic mass is 9.77. The van der Waals surface area contributed by atoms with Crippen LogP contribution in [0.1, 0.15) is 26.2 Å². The molecule has 2 bridgehead atoms. The van der Waals surface area contributed by atoms with Gasteiger partial charge < -0.3 is 5.73 Å². The summed E-state index contributed by atoms with van der Waals surface area (Å²) in [6.07, 6.45) is 4.05. The van der Waals surface area contributed by atoms with E-state index >= 15 is 0 Å². The molecule has 2 saturated heterocycles. The van der Waals surface area contributed by atoms with Crippen molar-refractivity contribution in [2.75, 3.05) is 13.1 Å². The van der Waals surface area contributed by atoms with Crippen molar-refractivity contribution < 1.29 is 0 Å². The molecular formula is C9H18N2. The molecule has 0 spiro atoms. The molecule has 0 unspecified atom stereocenters. The minimum atomic E-state index is 0.474. The van der Waals surface area contributed by atoms with E-state index in [2.05, 4.69) is 11.8 Å². The minimum Gasteiger partial charge on any atom is -0.326 e. The first kappa shape index (κ1) is 7.56. The van der Waals surface area contributed by atoms with Crippen LogP contribution in [-0.2, 0) is 0 Å². The van der Waals surface area contributed by atoms with E-state index in [0.29, 0.717) is 12.1 Å². The molecule has 1 saturated carbocycles. The number of rotatable bonds is 1. The molecule has 2 N–H and O–H groups in total. The van der Waals surface area contributed by atoms with Crippen LogP contribution in [0.4, 0.5) is 0 Å². The lowest BCUT2D eigenvalue weighted by molar-refractivity contribution is 0.0368. The zero-order chi connectivity index (χ0) is 7.84. The van der Waals surface area contributed by atoms with Crippen LogP contribution in [0.25, 0.3) is 0 Å². The smallest absolute Gasteiger partial charge is 0.0247 e. The molecule has 2 nitrogen and oxygen atoms in total. The topological polar surface area (TPSA) is 29.3 Å². The summed E-state index contributed by atoms with van der Waals surface area (Å²) in [6.45, 7) is 4.75. The number of hydrogen-bond acceptors (Lipinski definition) is 2. The predicted octanol–water partition coefficient (Wildman–Crippen LogP) is 0.818. The number of piperidine rings is 2. The molecule has 0 aromatic rings. The third-order valence-electron chi connectivity index (χ3n) is 3.34. The number of nitrogens with two attached hydrogens (primary N) is 1. The predicted molar refractivity (Wildman–Crippen MR) is 46.4 cm³/mol. The van der Waals surface area contributed by atoms with Crippen LogP contribution in [0.3, 0.4) is 0 Å². The lowest BCUT2D eigenvalue weighted by Gasteiger charge is -2.48. The summed E-state index contributed by atoms with van der Waals surface area (Å²) in [5, 5.41) is 0. The van der Waals surface area contributed by atoms with Crippen LogP contribution >= 0.6 is 0 Å². The Morgan fingerprint density at radius 1 is 1.45 bits per heavy atom. The maximum atomic E-state index is 6.04. The number of fused-ring (bicyclic) bond motifs is 3. The Balaban J connectivity index is 2.07. The Morgan fingerprint density at radius 3 is 2.73 bits per heavy atom. The van der Waals surface area contributed by atoms with Crippen LogP contribution in [0.5, 0.6) is 0 Å². The van der Waals surface area contributed by atoms with Gasteiger partial charge in [-0.1, -0.05) is 6.92 Å². The van der Waals surface area contributed by atoms with Gasteiger partial charge in [0.2, 0.25) is 0 Å². The summed E-state index contributed by atoms with van der Waals surface area (Å²) < 4.78 is 0. The molecule has 1 aliphatic carbocycles. The molecule has 2 aliphatic heterocycles. The Hall–Kier alpha value is -0.0800. The van der Waals surface area contributed by atoms with Crippen LogP contribution in [0.2, 0.25) is 0 Å². The van der Waals surface area contributed by atoms with Crippen molar-refractivity contribution in [3.63, 3.8) is 0 Å². The quantitative estimate of drug-likeness (QED) is 0.606. The van der Waals surface area contributed by atoms with Crippen LogP contribution in [0.15, 0.2) is 0 Å². The summed E-state index contributed by atoms with van der Waals surface area (Å²) in [5.41, 5.74) is 6.04. The van der Waals surface area contributed by atoms with Crippen molar-refractivity contribution in [2.24, 2.45) is 11.7 Å². The second-order valence-corrected chi connectivity index (χ2v) is 4.00. The highest BCUT2D eigenvalue weighted by molar-refractivity contribution is 4.95. The lowest BCUT2D eigenvalue weighted by Crippen LogP contribution is -2.58. The molecule has 3 aliphatic rings. The van der Waals surface area contributed by atoms with Crippen molar-refractivity contribution in [1.82, 2.24) is 4.90 Å². The fourth-order valence-electron chi connectivity index (χ4n) is 2.73. The standard InChI is InChI=1S/C9H18N2/c1-2-11-6-7-3-4-9(11)8(10)5-7/h7-9H,2-6,10H2,1H3/t7-,8+,9+/m1/s1. The fourth-order valence-corrected chi connectivity index (χ4v) is 2.73. The third kappa shape index (κ3) is 1.18. The molecule has 3 rings (SSSR count). The summed E-state index contributed by atoms with van der Waals surface area (Å²) in [5.74, 6) is 0.912. The van der Waals surface area contributed by atoms with Crippen LogP contribution in [-0.4, -0.2) is 30.1 Å². The van der Waals surface area contributed by atoms with Gasteiger partial charge >= 0.3 is 0 Å². The van der Waals surface area contributed by atoms with Gasteiger partial charge in [-0.05, 0) is 31.7 Å². The van der Waals surface area contributed by atoms with E-state index < -0.39 is 0 Å². The van der Waals surface area contributed by atoms with E-state index in [0.717, 1.165) is 5.92 Å². The van der Waals surface area contributed by atoms with Crippen molar-refractivity contribution in [3.8, 4) is 0 Å². The Labute approximate surface area is 68.7 Å². The first-order valence-corrected chi connectivity index (χ1v) is 4.81. The van der Waals surface area contributed by atoms with Gasteiger partial charge in [-0.15, -0.1) is 0 Å². The largest absolute Gasteiger partial charge is 0.326 e. The first-order valence-electron chi connectivity index (χ1n) is 4.81. The Morgan fingerprint density at radius 2 is 2.27 bits per heavy atom. The van der Waals surface area contributed by atoms with Gasteiger partial charge in [0.15, 0.2) is 0 Å². The van der Waals surface area contributed by atoms with Gasteiger partial charge in [0.05, 0.1) is 0 Å². The van der Waals surface area contributed by atoms with Gasteiger partial charge in [0, 0.05) is 18.6 Å². The molecule has 0 amide bonds. The fraction of sp³-hybridized carbons (Fsp3) is 1.00. The van der Waals surface area contributed by atoms with Gasteiger partial charge in [-0.25, -0.2) is 0 Å². The number of nitrogens with zero attached hydrogens (tertiary/aromatic N) is 1. The summed E-state index contributed by atoms with van der Waals surface area (Å²) in [7, 11) is 0. The molecule has 64 valence electrons. The highest BCUT2D eigenvalue weighted by Crippen LogP contribution is 2.33. The van der Waals surface area contributed by atoms with E-state index in [-0.39, 0.29) is 0 Å². The van der Waals surface area contributed by atoms with Gasteiger partial charge in [0.1, 0.15) is 0 Å². The molecule has 3 atom stereocenters. The highest BCUT2D eigenvalue weighted by Gasteiger charge is 2.37. The van der Waals surface area contributed by atoms with Crippen LogP contribution in [0, 0.1) is 5.92 Å². The second-order valence-electron chi connectivity index (χ2n) is 4.00. The van der Waals surface area contributed by atoms with E-state index in [1.807, 2.05) is 0 Å². The van der Waals surface area contributed by atoms with Crippen molar-refractivity contribution in [1.29, 1.82) is 0 Å². The molecule has 2 heteroatoms. The van der Waals surface area contributed by atoms with Gasteiger partial charge in [-0.2, -0.15) is 0 Å². The molecule has 3 fully saturated rings. The number of hydrogen-bond donors (Lipinski definition) is 1. The third-order valence-corrected chi connectivity index (χ3v) is 3.34. The highest BCUT2D eigenvalue weighted by atomic mass is 15.2. The van der Waals surface area contributed by atoms with Crippen molar-refractivity contribution in [2.45, 2.75) is 38.3 Å². The maximum absolute atomic E-state index is 6.04. The van der Waals surface area contributed by atoms with Crippen molar-refractivity contribution >= 4 is 0 Å². The summed E-state index contributed by atoms with van der Waals surface area (Å²) in [4.78, 5) is 2.56. The normalized spacial score (nSPS) is 44.7. The Bertz CT molecular complexity index is 146. The van der Waals surface area contributed by atoms with E-state index in [9.17, 15) is 0 Å². The molecule has 0 aromatic heterocycles. The van der Waals surface area contributed by atoms with E-state index in [1.165, 1.54) is 32.4 Å². The zero-order valence-electron chi connectivity index (χ0n) is 7.29. The van der Waals surface area contributed by atoms with E-state index in [4.69, 9.17) is 5.73 Å². The average Bonchev–Trinajstić information content (AvgIpc) is 2.04. The first-order chi connectivity index (χ1) is 5.31. The summed E-state index contributed by atoms with van der Waals surface area (Å²) >= 11 is 0. The molecule has 11 heavy (non-hydrogen) atoms. The molecule has 0 aromatic carbocycles. The Kier molecular flexibility index (Phi) is 1.90. The van der Waals surface area contributed by atoms with Gasteiger partial charge in [-0.3, -0.25) is 4.90 Å². The maximum Gasteiger partial charge on any atom is 0.0247 e. The van der Waals surface area contributed by atoms with Gasteiger partial charge in [0.25, 0.3) is 0 Å². The van der Waals surface area contributed by atoms with Crippen LogP contribution < -0.4 is 5.73 Å².